The first-order valence-corrected chi connectivity index (χ1v) is 7.08. The number of benzene rings is 1. The van der Waals surface area contributed by atoms with E-state index in [1.165, 1.54) is 0 Å². The number of hydrogen-bond acceptors (Lipinski definition) is 4. The van der Waals surface area contributed by atoms with Crippen molar-refractivity contribution in [3.8, 4) is 5.75 Å². The van der Waals surface area contributed by atoms with Crippen LogP contribution in [0.1, 0.15) is 27.2 Å². The van der Waals surface area contributed by atoms with Crippen LogP contribution in [0, 0.1) is 0 Å². The zero-order valence-electron chi connectivity index (χ0n) is 10.3. The largest absolute Gasteiger partial charge is 0.530 e. The van der Waals surface area contributed by atoms with Gasteiger partial charge in [0, 0.05) is 6.42 Å². The summed E-state index contributed by atoms with van der Waals surface area (Å²) in [5, 5.41) is 0. The van der Waals surface area contributed by atoms with Crippen LogP contribution in [0.2, 0.25) is 0 Å². The summed E-state index contributed by atoms with van der Waals surface area (Å²) in [5.74, 6) is 0.487. The van der Waals surface area contributed by atoms with Crippen LogP contribution in [0.25, 0.3) is 0 Å². The van der Waals surface area contributed by atoms with Crippen LogP contribution in [0.4, 0.5) is 0 Å². The SMILES string of the molecule is CC1CC(C)(C)OP(=O)(Oc2ccccc2)O1. The molecule has 0 N–H and O–H groups in total. The van der Waals surface area contributed by atoms with Gasteiger partial charge in [0.15, 0.2) is 0 Å². The third-order valence-electron chi connectivity index (χ3n) is 2.41. The molecular formula is C12H17O4P. The van der Waals surface area contributed by atoms with Crippen molar-refractivity contribution >= 4 is 7.82 Å². The lowest BCUT2D eigenvalue weighted by atomic mass is 10.0. The Hall–Kier alpha value is -0.830. The molecule has 2 rings (SSSR count). The zero-order chi connectivity index (χ0) is 12.5. The molecule has 0 bridgehead atoms. The van der Waals surface area contributed by atoms with Crippen LogP contribution in [-0.4, -0.2) is 11.7 Å². The van der Waals surface area contributed by atoms with Crippen molar-refractivity contribution in [2.45, 2.75) is 38.9 Å². The van der Waals surface area contributed by atoms with Crippen molar-refractivity contribution in [3.63, 3.8) is 0 Å². The van der Waals surface area contributed by atoms with Gasteiger partial charge in [-0.1, -0.05) is 18.2 Å². The molecule has 1 aliphatic heterocycles. The molecule has 94 valence electrons. The number of phosphoric ester groups is 1. The van der Waals surface area contributed by atoms with Gasteiger partial charge in [-0.25, -0.2) is 4.57 Å². The maximum atomic E-state index is 12.4. The van der Waals surface area contributed by atoms with Gasteiger partial charge in [-0.15, -0.1) is 0 Å². The van der Waals surface area contributed by atoms with E-state index in [1.54, 1.807) is 24.3 Å². The molecule has 0 spiro atoms. The van der Waals surface area contributed by atoms with Crippen LogP contribution in [0.15, 0.2) is 30.3 Å². The Kier molecular flexibility index (Phi) is 3.30. The van der Waals surface area contributed by atoms with Crippen LogP contribution in [0.5, 0.6) is 5.75 Å². The molecule has 0 aromatic heterocycles. The van der Waals surface area contributed by atoms with Gasteiger partial charge >= 0.3 is 7.82 Å². The van der Waals surface area contributed by atoms with Gasteiger partial charge in [-0.05, 0) is 32.9 Å². The topological polar surface area (TPSA) is 44.8 Å². The Balaban J connectivity index is 2.16. The van der Waals surface area contributed by atoms with Crippen molar-refractivity contribution in [2.24, 2.45) is 0 Å². The minimum Gasteiger partial charge on any atom is -0.404 e. The van der Waals surface area contributed by atoms with Crippen LogP contribution in [0.3, 0.4) is 0 Å². The van der Waals surface area contributed by atoms with Crippen molar-refractivity contribution in [1.82, 2.24) is 0 Å². The molecule has 5 heteroatoms. The average Bonchev–Trinajstić information content (AvgIpc) is 2.13. The van der Waals surface area contributed by atoms with Crippen molar-refractivity contribution in [3.05, 3.63) is 30.3 Å². The average molecular weight is 256 g/mol. The van der Waals surface area contributed by atoms with Gasteiger partial charge in [-0.2, -0.15) is 0 Å². The van der Waals surface area contributed by atoms with Gasteiger partial charge in [-0.3, -0.25) is 9.05 Å². The molecule has 17 heavy (non-hydrogen) atoms. The van der Waals surface area contributed by atoms with E-state index in [1.807, 2.05) is 26.8 Å². The maximum Gasteiger partial charge on any atom is 0.530 e. The molecule has 1 aromatic carbocycles. The lowest BCUT2D eigenvalue weighted by molar-refractivity contribution is -0.0340. The van der Waals surface area contributed by atoms with E-state index in [0.717, 1.165) is 0 Å². The Morgan fingerprint density at radius 1 is 1.35 bits per heavy atom. The Morgan fingerprint density at radius 2 is 2.00 bits per heavy atom. The normalized spacial score (nSPS) is 32.1. The fraction of sp³-hybridized carbons (Fsp3) is 0.500. The molecule has 1 fully saturated rings. The number of para-hydroxylation sites is 1. The summed E-state index contributed by atoms with van der Waals surface area (Å²) in [6.45, 7) is 5.63. The van der Waals surface area contributed by atoms with E-state index in [-0.39, 0.29) is 6.10 Å². The summed E-state index contributed by atoms with van der Waals surface area (Å²) in [4.78, 5) is 0. The second kappa shape index (κ2) is 4.45. The minimum absolute atomic E-state index is 0.145. The van der Waals surface area contributed by atoms with Gasteiger partial charge in [0.25, 0.3) is 0 Å². The Labute approximate surface area is 102 Å². The van der Waals surface area contributed by atoms with Crippen LogP contribution in [-0.2, 0) is 13.6 Å². The molecular weight excluding hydrogens is 239 g/mol. The molecule has 1 saturated heterocycles. The highest BCUT2D eigenvalue weighted by atomic mass is 31.2. The predicted octanol–water partition coefficient (Wildman–Crippen LogP) is 3.78. The molecule has 4 nitrogen and oxygen atoms in total. The molecule has 1 aliphatic rings. The highest BCUT2D eigenvalue weighted by Crippen LogP contribution is 2.57. The highest BCUT2D eigenvalue weighted by molar-refractivity contribution is 7.49. The predicted molar refractivity (Wildman–Crippen MR) is 65.0 cm³/mol. The molecule has 1 aromatic rings. The summed E-state index contributed by atoms with van der Waals surface area (Å²) < 4.78 is 28.5. The van der Waals surface area contributed by atoms with Crippen LogP contribution < -0.4 is 4.52 Å². The van der Waals surface area contributed by atoms with E-state index in [4.69, 9.17) is 13.6 Å². The summed E-state index contributed by atoms with van der Waals surface area (Å²) in [5.41, 5.74) is -0.498. The van der Waals surface area contributed by atoms with Crippen molar-refractivity contribution < 1.29 is 18.1 Å². The third-order valence-corrected chi connectivity index (χ3v) is 4.18. The summed E-state index contributed by atoms with van der Waals surface area (Å²) >= 11 is 0. The van der Waals surface area contributed by atoms with E-state index >= 15 is 0 Å². The maximum absolute atomic E-state index is 12.4. The molecule has 0 radical (unpaired) electrons. The summed E-state index contributed by atoms with van der Waals surface area (Å²) in [6.07, 6.45) is 0.545. The molecule has 1 heterocycles. The van der Waals surface area contributed by atoms with E-state index in [0.29, 0.717) is 12.2 Å². The highest BCUT2D eigenvalue weighted by Gasteiger charge is 2.44. The lowest BCUT2D eigenvalue weighted by Gasteiger charge is -2.37. The fourth-order valence-electron chi connectivity index (χ4n) is 1.96. The molecule has 2 atom stereocenters. The van der Waals surface area contributed by atoms with Gasteiger partial charge < -0.3 is 4.52 Å². The standard InChI is InChI=1S/C12H17O4P/c1-10-9-12(2,3)16-17(13,14-10)15-11-7-5-4-6-8-11/h4-8,10H,9H2,1-3H3. The smallest absolute Gasteiger partial charge is 0.404 e. The number of hydrogen-bond donors (Lipinski definition) is 0. The summed E-state index contributed by atoms with van der Waals surface area (Å²) in [7, 11) is -3.51. The Morgan fingerprint density at radius 3 is 2.59 bits per heavy atom. The molecule has 0 amide bonds. The fourth-order valence-corrected chi connectivity index (χ4v) is 3.66. The first-order valence-electron chi connectivity index (χ1n) is 5.62. The molecule has 2 unspecified atom stereocenters. The van der Waals surface area contributed by atoms with Gasteiger partial charge in [0.1, 0.15) is 5.75 Å². The number of phosphoric acid groups is 1. The quantitative estimate of drug-likeness (QED) is 0.755. The van der Waals surface area contributed by atoms with E-state index < -0.39 is 13.4 Å². The number of rotatable bonds is 2. The zero-order valence-corrected chi connectivity index (χ0v) is 11.1. The Bertz CT molecular complexity index is 429. The molecule has 0 saturated carbocycles. The van der Waals surface area contributed by atoms with E-state index in [2.05, 4.69) is 0 Å². The minimum atomic E-state index is -3.51. The van der Waals surface area contributed by atoms with Crippen LogP contribution >= 0.6 is 7.82 Å². The van der Waals surface area contributed by atoms with Crippen molar-refractivity contribution in [1.29, 1.82) is 0 Å². The summed E-state index contributed by atoms with van der Waals surface area (Å²) in [6, 6.07) is 8.91. The third kappa shape index (κ3) is 3.32. The second-order valence-electron chi connectivity index (χ2n) is 4.82. The first kappa shape index (κ1) is 12.6. The van der Waals surface area contributed by atoms with Gasteiger partial charge in [0.05, 0.1) is 11.7 Å². The second-order valence-corrected chi connectivity index (χ2v) is 6.29. The van der Waals surface area contributed by atoms with Gasteiger partial charge in [0.2, 0.25) is 0 Å². The van der Waals surface area contributed by atoms with E-state index in [9.17, 15) is 4.57 Å². The first-order chi connectivity index (χ1) is 7.89. The lowest BCUT2D eigenvalue weighted by Crippen LogP contribution is -2.35. The van der Waals surface area contributed by atoms with Crippen molar-refractivity contribution in [2.75, 3.05) is 0 Å². The molecule has 0 aliphatic carbocycles. The monoisotopic (exact) mass is 256 g/mol.